The molecule has 0 spiro atoms. The van der Waals surface area contributed by atoms with Crippen LogP contribution in [0.5, 0.6) is 11.5 Å². The lowest BCUT2D eigenvalue weighted by atomic mass is 10.1. The number of aryl methyl sites for hydroxylation is 1. The summed E-state index contributed by atoms with van der Waals surface area (Å²) < 4.78 is 12.6. The number of halogens is 1. The molecule has 2 heterocycles. The molecule has 136 valence electrons. The molecule has 0 bridgehead atoms. The second kappa shape index (κ2) is 6.93. The summed E-state index contributed by atoms with van der Waals surface area (Å²) in [4.78, 5) is 4.57. The smallest absolute Gasteiger partial charge is 0.163 e. The van der Waals surface area contributed by atoms with Gasteiger partial charge in [0.15, 0.2) is 17.1 Å². The zero-order valence-electron chi connectivity index (χ0n) is 15.2. The summed E-state index contributed by atoms with van der Waals surface area (Å²) in [5.41, 5.74) is 5.60. The average Bonchev–Trinajstić information content (AvgIpc) is 3.04. The fraction of sp³-hybridized carbons (Fsp3) is 0.143. The van der Waals surface area contributed by atoms with Crippen LogP contribution < -0.4 is 9.47 Å². The number of aromatic nitrogens is 3. The Morgan fingerprint density at radius 2 is 1.59 bits per heavy atom. The first-order chi connectivity index (χ1) is 13.1. The third kappa shape index (κ3) is 3.00. The minimum Gasteiger partial charge on any atom is -0.493 e. The Balaban J connectivity index is 1.92. The van der Waals surface area contributed by atoms with Gasteiger partial charge >= 0.3 is 0 Å². The van der Waals surface area contributed by atoms with Crippen LogP contribution in [0.15, 0.2) is 54.7 Å². The molecule has 4 rings (SSSR count). The molecular formula is C21H18ClN3O2. The zero-order valence-corrected chi connectivity index (χ0v) is 16.0. The Hall–Kier alpha value is -3.05. The van der Waals surface area contributed by atoms with Crippen molar-refractivity contribution in [1.29, 1.82) is 0 Å². The van der Waals surface area contributed by atoms with E-state index in [0.29, 0.717) is 16.5 Å². The fourth-order valence-corrected chi connectivity index (χ4v) is 3.35. The summed E-state index contributed by atoms with van der Waals surface area (Å²) in [6.07, 6.45) is 1.79. The predicted molar refractivity (Wildman–Crippen MR) is 107 cm³/mol. The molecule has 2 aromatic carbocycles. The fourth-order valence-electron chi connectivity index (χ4n) is 3.22. The van der Waals surface area contributed by atoms with Crippen molar-refractivity contribution in [1.82, 2.24) is 14.6 Å². The topological polar surface area (TPSA) is 48.7 Å². The van der Waals surface area contributed by atoms with E-state index in [2.05, 4.69) is 4.98 Å². The molecule has 27 heavy (non-hydrogen) atoms. The van der Waals surface area contributed by atoms with Crippen molar-refractivity contribution in [3.8, 4) is 33.9 Å². The van der Waals surface area contributed by atoms with Crippen molar-refractivity contribution in [3.63, 3.8) is 0 Å². The summed E-state index contributed by atoms with van der Waals surface area (Å²) in [7, 11) is 3.25. The summed E-state index contributed by atoms with van der Waals surface area (Å²) in [5.74, 6) is 1.35. The number of ether oxygens (including phenoxy) is 2. The molecule has 0 atom stereocenters. The molecule has 0 fully saturated rings. The highest BCUT2D eigenvalue weighted by Crippen LogP contribution is 2.34. The van der Waals surface area contributed by atoms with Gasteiger partial charge in [-0.2, -0.15) is 5.10 Å². The molecular weight excluding hydrogens is 362 g/mol. The van der Waals surface area contributed by atoms with E-state index in [4.69, 9.17) is 26.2 Å². The molecule has 0 radical (unpaired) electrons. The van der Waals surface area contributed by atoms with Gasteiger partial charge in [-0.15, -0.1) is 0 Å². The van der Waals surface area contributed by atoms with Gasteiger partial charge in [0.1, 0.15) is 0 Å². The van der Waals surface area contributed by atoms with Crippen LogP contribution in [0.1, 0.15) is 5.69 Å². The van der Waals surface area contributed by atoms with E-state index in [1.54, 1.807) is 20.4 Å². The third-order valence-corrected chi connectivity index (χ3v) is 4.76. The predicted octanol–water partition coefficient (Wildman–Crippen LogP) is 5.04. The molecule has 0 unspecified atom stereocenters. The zero-order chi connectivity index (χ0) is 19.0. The molecule has 0 amide bonds. The second-order valence-electron chi connectivity index (χ2n) is 6.10. The van der Waals surface area contributed by atoms with Gasteiger partial charge in [0.2, 0.25) is 0 Å². The number of rotatable bonds is 4. The van der Waals surface area contributed by atoms with Crippen LogP contribution in [0.4, 0.5) is 0 Å². The number of nitrogens with zero attached hydrogens (tertiary/aromatic N) is 3. The highest BCUT2D eigenvalue weighted by Gasteiger charge is 2.16. The summed E-state index contributed by atoms with van der Waals surface area (Å²) in [5, 5.41) is 5.44. The van der Waals surface area contributed by atoms with Crippen LogP contribution in [0, 0.1) is 6.92 Å². The Morgan fingerprint density at radius 3 is 2.30 bits per heavy atom. The monoisotopic (exact) mass is 379 g/mol. The van der Waals surface area contributed by atoms with E-state index in [0.717, 1.165) is 33.7 Å². The molecule has 6 heteroatoms. The van der Waals surface area contributed by atoms with Crippen LogP contribution in [0.25, 0.3) is 28.0 Å². The van der Waals surface area contributed by atoms with Gasteiger partial charge in [0.05, 0.1) is 25.6 Å². The minimum atomic E-state index is 0.668. The lowest BCUT2D eigenvalue weighted by molar-refractivity contribution is 0.355. The first-order valence-electron chi connectivity index (χ1n) is 8.45. The lowest BCUT2D eigenvalue weighted by Crippen LogP contribution is -1.97. The number of hydrogen-bond acceptors (Lipinski definition) is 4. The molecule has 4 aromatic rings. The highest BCUT2D eigenvalue weighted by molar-refractivity contribution is 6.30. The van der Waals surface area contributed by atoms with Gasteiger partial charge in [0, 0.05) is 22.3 Å². The molecule has 0 saturated heterocycles. The van der Waals surface area contributed by atoms with Crippen LogP contribution in [-0.2, 0) is 0 Å². The molecule has 5 nitrogen and oxygen atoms in total. The Kier molecular flexibility index (Phi) is 4.46. The van der Waals surface area contributed by atoms with Gasteiger partial charge in [-0.3, -0.25) is 0 Å². The number of fused-ring (bicyclic) bond motifs is 1. The number of hydrogen-bond donors (Lipinski definition) is 0. The van der Waals surface area contributed by atoms with Gasteiger partial charge in [-0.05, 0) is 48.9 Å². The highest BCUT2D eigenvalue weighted by atomic mass is 35.5. The standard InChI is InChI=1S/C21H18ClN3O2/c1-13-20(14-4-7-16(22)8-5-14)21-23-11-10-17(25(21)24-13)15-6-9-18(26-2)19(12-15)27-3/h4-12H,1-3H3. The summed E-state index contributed by atoms with van der Waals surface area (Å²) in [6, 6.07) is 15.5. The SMILES string of the molecule is COc1ccc(-c2ccnc3c(-c4ccc(Cl)cc4)c(C)nn23)cc1OC. The number of methoxy groups -OCH3 is 2. The van der Waals surface area contributed by atoms with Gasteiger partial charge in [-0.1, -0.05) is 23.7 Å². The van der Waals surface area contributed by atoms with Crippen molar-refractivity contribution in [2.24, 2.45) is 0 Å². The molecule has 0 aliphatic carbocycles. The van der Waals surface area contributed by atoms with E-state index >= 15 is 0 Å². The van der Waals surface area contributed by atoms with Gasteiger partial charge < -0.3 is 9.47 Å². The van der Waals surface area contributed by atoms with Crippen LogP contribution >= 0.6 is 11.6 Å². The third-order valence-electron chi connectivity index (χ3n) is 4.51. The Morgan fingerprint density at radius 1 is 0.889 bits per heavy atom. The van der Waals surface area contributed by atoms with Gasteiger partial charge in [0.25, 0.3) is 0 Å². The Labute approximate surface area is 162 Å². The van der Waals surface area contributed by atoms with Crippen molar-refractivity contribution < 1.29 is 9.47 Å². The van der Waals surface area contributed by atoms with Crippen molar-refractivity contribution in [2.45, 2.75) is 6.92 Å². The maximum absolute atomic E-state index is 6.03. The summed E-state index contributed by atoms with van der Waals surface area (Å²) >= 11 is 6.03. The maximum Gasteiger partial charge on any atom is 0.163 e. The normalized spacial score (nSPS) is 11.0. The molecule has 0 saturated carbocycles. The van der Waals surface area contributed by atoms with Crippen LogP contribution in [0.3, 0.4) is 0 Å². The molecule has 2 aromatic heterocycles. The molecule has 0 aliphatic heterocycles. The van der Waals surface area contributed by atoms with Gasteiger partial charge in [-0.25, -0.2) is 9.50 Å². The van der Waals surface area contributed by atoms with E-state index in [-0.39, 0.29) is 0 Å². The van der Waals surface area contributed by atoms with E-state index in [1.165, 1.54) is 0 Å². The van der Waals surface area contributed by atoms with Crippen molar-refractivity contribution in [2.75, 3.05) is 14.2 Å². The van der Waals surface area contributed by atoms with Crippen LogP contribution in [-0.4, -0.2) is 28.8 Å². The quantitative estimate of drug-likeness (QED) is 0.498. The van der Waals surface area contributed by atoms with Crippen molar-refractivity contribution >= 4 is 17.2 Å². The maximum atomic E-state index is 6.03. The second-order valence-corrected chi connectivity index (χ2v) is 6.54. The minimum absolute atomic E-state index is 0.668. The first-order valence-corrected chi connectivity index (χ1v) is 8.83. The van der Waals surface area contributed by atoms with E-state index in [1.807, 2.05) is 60.0 Å². The average molecular weight is 380 g/mol. The van der Waals surface area contributed by atoms with Crippen molar-refractivity contribution in [3.05, 3.63) is 65.4 Å². The lowest BCUT2D eigenvalue weighted by Gasteiger charge is -2.10. The molecule has 0 aliphatic rings. The van der Waals surface area contributed by atoms with Crippen LogP contribution in [0.2, 0.25) is 5.02 Å². The van der Waals surface area contributed by atoms with E-state index in [9.17, 15) is 0 Å². The first kappa shape index (κ1) is 17.4. The van der Waals surface area contributed by atoms with E-state index < -0.39 is 0 Å². The summed E-state index contributed by atoms with van der Waals surface area (Å²) in [6.45, 7) is 1.98. The Bertz CT molecular complexity index is 1120. The number of benzene rings is 2. The largest absolute Gasteiger partial charge is 0.493 e. The molecule has 0 N–H and O–H groups in total.